The third kappa shape index (κ3) is 2.64. The Bertz CT molecular complexity index is 243. The van der Waals surface area contributed by atoms with Crippen molar-refractivity contribution in [2.45, 2.75) is 26.1 Å². The predicted octanol–water partition coefficient (Wildman–Crippen LogP) is 1.24. The fourth-order valence-corrected chi connectivity index (χ4v) is 1.18. The first-order chi connectivity index (χ1) is 5.70. The molecule has 0 unspecified atom stereocenters. The van der Waals surface area contributed by atoms with E-state index in [9.17, 15) is 0 Å². The van der Waals surface area contributed by atoms with E-state index in [1.807, 2.05) is 31.2 Å². The average molecular weight is 166 g/mol. The van der Waals surface area contributed by atoms with Crippen molar-refractivity contribution in [2.24, 2.45) is 0 Å². The second-order valence-corrected chi connectivity index (χ2v) is 2.95. The van der Waals surface area contributed by atoms with Crippen molar-refractivity contribution < 1.29 is 10.2 Å². The molecule has 0 bridgehead atoms. The van der Waals surface area contributed by atoms with Crippen LogP contribution in [0.1, 0.15) is 17.5 Å². The quantitative estimate of drug-likeness (QED) is 0.663. The first-order valence-corrected chi connectivity index (χ1v) is 4.11. The largest absolute Gasteiger partial charge is 0.368 e. The van der Waals surface area contributed by atoms with E-state index in [0.717, 1.165) is 6.42 Å². The number of aliphatic hydroxyl groups is 2. The summed E-state index contributed by atoms with van der Waals surface area (Å²) in [6.45, 7) is 2.03. The van der Waals surface area contributed by atoms with E-state index in [4.69, 9.17) is 10.2 Å². The molecule has 0 saturated carbocycles. The molecule has 0 atom stereocenters. The lowest BCUT2D eigenvalue weighted by Crippen LogP contribution is -2.05. The maximum Gasteiger partial charge on any atom is 0.151 e. The standard InChI is InChI=1S/C10H14O2/c1-8-4-2-3-5-9(8)6-7-10(11)12/h2-5,10-12H,6-7H2,1H3. The van der Waals surface area contributed by atoms with Crippen molar-refractivity contribution in [3.63, 3.8) is 0 Å². The van der Waals surface area contributed by atoms with Gasteiger partial charge in [0.2, 0.25) is 0 Å². The summed E-state index contributed by atoms with van der Waals surface area (Å²) in [4.78, 5) is 0. The summed E-state index contributed by atoms with van der Waals surface area (Å²) in [5.41, 5.74) is 2.39. The minimum Gasteiger partial charge on any atom is -0.368 e. The van der Waals surface area contributed by atoms with Gasteiger partial charge >= 0.3 is 0 Å². The monoisotopic (exact) mass is 166 g/mol. The molecule has 2 N–H and O–H groups in total. The highest BCUT2D eigenvalue weighted by molar-refractivity contribution is 5.25. The van der Waals surface area contributed by atoms with Crippen LogP contribution in [0.25, 0.3) is 0 Å². The Hall–Kier alpha value is -0.860. The Kier molecular flexibility index (Phi) is 3.26. The van der Waals surface area contributed by atoms with Gasteiger partial charge in [-0.15, -0.1) is 0 Å². The maximum atomic E-state index is 8.66. The first-order valence-electron chi connectivity index (χ1n) is 4.11. The fraction of sp³-hybridized carbons (Fsp3) is 0.400. The van der Waals surface area contributed by atoms with Crippen molar-refractivity contribution in [3.05, 3.63) is 35.4 Å². The van der Waals surface area contributed by atoms with Crippen molar-refractivity contribution in [3.8, 4) is 0 Å². The van der Waals surface area contributed by atoms with E-state index in [0.29, 0.717) is 6.42 Å². The summed E-state index contributed by atoms with van der Waals surface area (Å²) in [6, 6.07) is 7.98. The Morgan fingerprint density at radius 1 is 1.25 bits per heavy atom. The van der Waals surface area contributed by atoms with Crippen LogP contribution >= 0.6 is 0 Å². The van der Waals surface area contributed by atoms with Crippen LogP contribution in [-0.4, -0.2) is 16.5 Å². The molecule has 0 fully saturated rings. The summed E-state index contributed by atoms with van der Waals surface area (Å²) < 4.78 is 0. The molecule has 0 saturated heterocycles. The van der Waals surface area contributed by atoms with E-state index in [2.05, 4.69) is 0 Å². The van der Waals surface area contributed by atoms with Crippen LogP contribution in [0, 0.1) is 6.92 Å². The Labute approximate surface area is 72.5 Å². The van der Waals surface area contributed by atoms with E-state index in [1.54, 1.807) is 0 Å². The number of hydrogen-bond donors (Lipinski definition) is 2. The Morgan fingerprint density at radius 2 is 1.92 bits per heavy atom. The third-order valence-corrected chi connectivity index (χ3v) is 1.93. The first kappa shape index (κ1) is 9.23. The number of aryl methyl sites for hydroxylation is 2. The van der Waals surface area contributed by atoms with Gasteiger partial charge in [-0.05, 0) is 24.5 Å². The van der Waals surface area contributed by atoms with E-state index in [1.165, 1.54) is 11.1 Å². The van der Waals surface area contributed by atoms with Gasteiger partial charge in [-0.2, -0.15) is 0 Å². The summed E-state index contributed by atoms with van der Waals surface area (Å²) in [7, 11) is 0. The maximum absolute atomic E-state index is 8.66. The molecule has 0 heterocycles. The van der Waals surface area contributed by atoms with Gasteiger partial charge in [-0.25, -0.2) is 0 Å². The van der Waals surface area contributed by atoms with Crippen LogP contribution in [0.4, 0.5) is 0 Å². The SMILES string of the molecule is Cc1ccccc1CCC(O)O. The normalized spacial score (nSPS) is 10.7. The minimum atomic E-state index is -1.19. The predicted molar refractivity (Wildman–Crippen MR) is 47.7 cm³/mol. The smallest absolute Gasteiger partial charge is 0.151 e. The molecule has 0 spiro atoms. The lowest BCUT2D eigenvalue weighted by molar-refractivity contribution is -0.0447. The van der Waals surface area contributed by atoms with Gasteiger partial charge in [0.15, 0.2) is 6.29 Å². The van der Waals surface area contributed by atoms with E-state index in [-0.39, 0.29) is 0 Å². The van der Waals surface area contributed by atoms with Crippen molar-refractivity contribution in [2.75, 3.05) is 0 Å². The van der Waals surface area contributed by atoms with Crippen LogP contribution in [0.15, 0.2) is 24.3 Å². The van der Waals surface area contributed by atoms with Crippen molar-refractivity contribution in [1.82, 2.24) is 0 Å². The molecule has 2 nitrogen and oxygen atoms in total. The van der Waals surface area contributed by atoms with Gasteiger partial charge in [0.1, 0.15) is 0 Å². The van der Waals surface area contributed by atoms with Crippen molar-refractivity contribution in [1.29, 1.82) is 0 Å². The van der Waals surface area contributed by atoms with E-state index >= 15 is 0 Å². The van der Waals surface area contributed by atoms with E-state index < -0.39 is 6.29 Å². The third-order valence-electron chi connectivity index (χ3n) is 1.93. The molecule has 2 heteroatoms. The van der Waals surface area contributed by atoms with Gasteiger partial charge in [0.25, 0.3) is 0 Å². The highest BCUT2D eigenvalue weighted by Crippen LogP contribution is 2.09. The fourth-order valence-electron chi connectivity index (χ4n) is 1.18. The lowest BCUT2D eigenvalue weighted by atomic mass is 10.0. The molecule has 1 rings (SSSR count). The van der Waals surface area contributed by atoms with Gasteiger partial charge < -0.3 is 10.2 Å². The molecule has 0 aromatic heterocycles. The van der Waals surface area contributed by atoms with Gasteiger partial charge in [-0.3, -0.25) is 0 Å². The lowest BCUT2D eigenvalue weighted by Gasteiger charge is -2.05. The zero-order chi connectivity index (χ0) is 8.97. The van der Waals surface area contributed by atoms with Crippen LogP contribution in [-0.2, 0) is 6.42 Å². The number of hydrogen-bond acceptors (Lipinski definition) is 2. The van der Waals surface area contributed by atoms with Crippen LogP contribution in [0.2, 0.25) is 0 Å². The number of aliphatic hydroxyl groups excluding tert-OH is 1. The minimum absolute atomic E-state index is 0.408. The van der Waals surface area contributed by atoms with Gasteiger partial charge in [-0.1, -0.05) is 24.3 Å². The molecule has 12 heavy (non-hydrogen) atoms. The van der Waals surface area contributed by atoms with Crippen LogP contribution in [0.3, 0.4) is 0 Å². The molecule has 0 amide bonds. The molecular formula is C10H14O2. The highest BCUT2D eigenvalue weighted by atomic mass is 16.5. The molecule has 0 aliphatic heterocycles. The van der Waals surface area contributed by atoms with Gasteiger partial charge in [0, 0.05) is 6.42 Å². The average Bonchev–Trinajstić information content (AvgIpc) is 2.03. The molecule has 66 valence electrons. The summed E-state index contributed by atoms with van der Waals surface area (Å²) in [5, 5.41) is 17.3. The number of rotatable bonds is 3. The highest BCUT2D eigenvalue weighted by Gasteiger charge is 2.00. The van der Waals surface area contributed by atoms with Crippen LogP contribution in [0.5, 0.6) is 0 Å². The summed E-state index contributed by atoms with van der Waals surface area (Å²) in [6.07, 6.45) is -0.0561. The molecular weight excluding hydrogens is 152 g/mol. The molecule has 0 aliphatic rings. The molecule has 1 aromatic rings. The topological polar surface area (TPSA) is 40.5 Å². The second kappa shape index (κ2) is 4.24. The van der Waals surface area contributed by atoms with Crippen molar-refractivity contribution >= 4 is 0 Å². The molecule has 0 aliphatic carbocycles. The Balaban J connectivity index is 2.57. The van der Waals surface area contributed by atoms with Crippen LogP contribution < -0.4 is 0 Å². The zero-order valence-electron chi connectivity index (χ0n) is 7.20. The van der Waals surface area contributed by atoms with Gasteiger partial charge in [0.05, 0.1) is 0 Å². The molecule has 1 aromatic carbocycles. The zero-order valence-corrected chi connectivity index (χ0v) is 7.20. The number of benzene rings is 1. The Morgan fingerprint density at radius 3 is 2.50 bits per heavy atom. The molecule has 0 radical (unpaired) electrons. The second-order valence-electron chi connectivity index (χ2n) is 2.95. The summed E-state index contributed by atoms with van der Waals surface area (Å²) in [5.74, 6) is 0. The summed E-state index contributed by atoms with van der Waals surface area (Å²) >= 11 is 0.